The molecule has 1 aromatic heterocycles. The van der Waals surface area contributed by atoms with Gasteiger partial charge in [-0.05, 0) is 25.5 Å². The molecule has 0 bridgehead atoms. The molecule has 3 N–H and O–H groups in total. The molecule has 0 aliphatic rings. The highest BCUT2D eigenvalue weighted by atomic mass is 35.5. The number of nitrogen functional groups attached to an aromatic ring is 1. The SMILES string of the molecule is CCCc1nc(NN)c(C)c(Oc2cccc(Cl)c2F)n1. The Morgan fingerprint density at radius 3 is 2.81 bits per heavy atom. The molecule has 2 rings (SSSR count). The Morgan fingerprint density at radius 1 is 1.38 bits per heavy atom. The van der Waals surface area contributed by atoms with E-state index in [-0.39, 0.29) is 16.7 Å². The molecule has 0 fully saturated rings. The lowest BCUT2D eigenvalue weighted by Crippen LogP contribution is -2.13. The fourth-order valence-corrected chi connectivity index (χ4v) is 1.95. The second kappa shape index (κ2) is 6.69. The van der Waals surface area contributed by atoms with Crippen LogP contribution < -0.4 is 16.0 Å². The summed E-state index contributed by atoms with van der Waals surface area (Å²) in [6.07, 6.45) is 1.54. The van der Waals surface area contributed by atoms with Crippen molar-refractivity contribution in [1.82, 2.24) is 9.97 Å². The van der Waals surface area contributed by atoms with Crippen LogP contribution in [0.3, 0.4) is 0 Å². The zero-order chi connectivity index (χ0) is 15.4. The maximum atomic E-state index is 13.9. The summed E-state index contributed by atoms with van der Waals surface area (Å²) in [6.45, 7) is 3.75. The highest BCUT2D eigenvalue weighted by molar-refractivity contribution is 6.30. The molecule has 112 valence electrons. The van der Waals surface area contributed by atoms with E-state index in [0.717, 1.165) is 6.42 Å². The monoisotopic (exact) mass is 310 g/mol. The van der Waals surface area contributed by atoms with Gasteiger partial charge < -0.3 is 10.2 Å². The Bertz CT molecular complexity index is 651. The zero-order valence-electron chi connectivity index (χ0n) is 11.8. The first-order chi connectivity index (χ1) is 10.1. The maximum absolute atomic E-state index is 13.9. The lowest BCUT2D eigenvalue weighted by Gasteiger charge is -2.13. The van der Waals surface area contributed by atoms with Crippen molar-refractivity contribution in [3.8, 4) is 11.6 Å². The number of hydrazine groups is 1. The van der Waals surface area contributed by atoms with E-state index in [1.165, 1.54) is 12.1 Å². The van der Waals surface area contributed by atoms with Crippen molar-refractivity contribution in [3.05, 3.63) is 40.4 Å². The van der Waals surface area contributed by atoms with Gasteiger partial charge in [-0.25, -0.2) is 15.2 Å². The summed E-state index contributed by atoms with van der Waals surface area (Å²) < 4.78 is 19.5. The third kappa shape index (κ3) is 3.40. The van der Waals surface area contributed by atoms with Gasteiger partial charge in [0.2, 0.25) is 5.88 Å². The van der Waals surface area contributed by atoms with Crippen molar-refractivity contribution in [3.63, 3.8) is 0 Å². The largest absolute Gasteiger partial charge is 0.435 e. The van der Waals surface area contributed by atoms with E-state index in [2.05, 4.69) is 15.4 Å². The molecular formula is C14H16ClFN4O. The van der Waals surface area contributed by atoms with Crippen LogP contribution in [-0.2, 0) is 6.42 Å². The smallest absolute Gasteiger partial charge is 0.227 e. The van der Waals surface area contributed by atoms with Crippen molar-refractivity contribution in [1.29, 1.82) is 0 Å². The topological polar surface area (TPSA) is 73.1 Å². The number of nitrogens with zero attached hydrogens (tertiary/aromatic N) is 2. The molecule has 0 saturated heterocycles. The number of nitrogens with two attached hydrogens (primary N) is 1. The van der Waals surface area contributed by atoms with Gasteiger partial charge in [0.05, 0.1) is 10.6 Å². The summed E-state index contributed by atoms with van der Waals surface area (Å²) >= 11 is 5.74. The average molecular weight is 311 g/mol. The number of hydrogen-bond acceptors (Lipinski definition) is 5. The zero-order valence-corrected chi connectivity index (χ0v) is 12.5. The number of aromatic nitrogens is 2. The number of anilines is 1. The van der Waals surface area contributed by atoms with E-state index in [4.69, 9.17) is 22.2 Å². The van der Waals surface area contributed by atoms with Crippen LogP contribution in [0, 0.1) is 12.7 Å². The van der Waals surface area contributed by atoms with Crippen LogP contribution in [0.1, 0.15) is 24.7 Å². The predicted molar refractivity (Wildman–Crippen MR) is 80.1 cm³/mol. The Hall–Kier alpha value is -1.92. The van der Waals surface area contributed by atoms with Gasteiger partial charge in [-0.2, -0.15) is 4.98 Å². The molecule has 0 aliphatic heterocycles. The maximum Gasteiger partial charge on any atom is 0.227 e. The Morgan fingerprint density at radius 2 is 2.14 bits per heavy atom. The van der Waals surface area contributed by atoms with E-state index in [9.17, 15) is 4.39 Å². The molecule has 0 amide bonds. The quantitative estimate of drug-likeness (QED) is 0.652. The number of rotatable bonds is 5. The minimum atomic E-state index is -0.628. The van der Waals surface area contributed by atoms with E-state index in [1.54, 1.807) is 13.0 Å². The van der Waals surface area contributed by atoms with E-state index < -0.39 is 5.82 Å². The van der Waals surface area contributed by atoms with Crippen LogP contribution >= 0.6 is 11.6 Å². The summed E-state index contributed by atoms with van der Waals surface area (Å²) in [6, 6.07) is 4.54. The number of halogens is 2. The molecular weight excluding hydrogens is 295 g/mol. The fraction of sp³-hybridized carbons (Fsp3) is 0.286. The number of nitrogens with one attached hydrogen (secondary N) is 1. The van der Waals surface area contributed by atoms with Crippen molar-refractivity contribution >= 4 is 17.4 Å². The highest BCUT2D eigenvalue weighted by Gasteiger charge is 2.15. The van der Waals surface area contributed by atoms with E-state index >= 15 is 0 Å². The van der Waals surface area contributed by atoms with Crippen molar-refractivity contribution in [2.24, 2.45) is 5.84 Å². The Kier molecular flexibility index (Phi) is 4.93. The number of aryl methyl sites for hydroxylation is 1. The van der Waals surface area contributed by atoms with E-state index in [1.807, 2.05) is 6.92 Å². The molecule has 21 heavy (non-hydrogen) atoms. The molecule has 1 heterocycles. The standard InChI is InChI=1S/C14H16ClFN4O/c1-3-5-11-18-13(20-17)8(2)14(19-11)21-10-7-4-6-9(15)12(10)16/h4,6-7H,3,5,17H2,1-2H3,(H,18,19,20). The summed E-state index contributed by atoms with van der Waals surface area (Å²) in [7, 11) is 0. The average Bonchev–Trinajstić information content (AvgIpc) is 2.47. The van der Waals surface area contributed by atoms with Gasteiger partial charge in [-0.3, -0.25) is 0 Å². The number of ether oxygens (including phenoxy) is 1. The normalized spacial score (nSPS) is 10.5. The molecule has 0 spiro atoms. The molecule has 0 saturated carbocycles. The van der Waals surface area contributed by atoms with Crippen molar-refractivity contribution < 1.29 is 9.13 Å². The summed E-state index contributed by atoms with van der Waals surface area (Å²) in [5, 5.41) is -0.00911. The minimum absolute atomic E-state index is 0.00900. The van der Waals surface area contributed by atoms with Gasteiger partial charge in [0.1, 0.15) is 11.6 Å². The predicted octanol–water partition coefficient (Wildman–Crippen LogP) is 3.61. The second-order valence-electron chi connectivity index (χ2n) is 4.47. The fourth-order valence-electron chi connectivity index (χ4n) is 1.78. The second-order valence-corrected chi connectivity index (χ2v) is 4.87. The molecule has 1 aromatic carbocycles. The van der Waals surface area contributed by atoms with Crippen LogP contribution in [0.25, 0.3) is 0 Å². The summed E-state index contributed by atoms with van der Waals surface area (Å²) in [5.41, 5.74) is 3.09. The Balaban J connectivity index is 2.42. The number of hydrogen-bond donors (Lipinski definition) is 2. The molecule has 2 aromatic rings. The Labute approximate surface area is 127 Å². The highest BCUT2D eigenvalue weighted by Crippen LogP contribution is 2.31. The van der Waals surface area contributed by atoms with Crippen LogP contribution in [0.5, 0.6) is 11.6 Å². The van der Waals surface area contributed by atoms with Crippen LogP contribution in [0.15, 0.2) is 18.2 Å². The molecule has 5 nitrogen and oxygen atoms in total. The first kappa shape index (κ1) is 15.5. The molecule has 0 atom stereocenters. The van der Waals surface area contributed by atoms with E-state index in [0.29, 0.717) is 23.6 Å². The van der Waals surface area contributed by atoms with Crippen molar-refractivity contribution in [2.45, 2.75) is 26.7 Å². The van der Waals surface area contributed by atoms with Gasteiger partial charge in [0, 0.05) is 6.42 Å². The van der Waals surface area contributed by atoms with Gasteiger partial charge in [-0.1, -0.05) is 24.6 Å². The molecule has 0 radical (unpaired) electrons. The third-order valence-electron chi connectivity index (χ3n) is 2.88. The summed E-state index contributed by atoms with van der Waals surface area (Å²) in [5.74, 6) is 6.10. The van der Waals surface area contributed by atoms with Gasteiger partial charge in [0.15, 0.2) is 11.6 Å². The van der Waals surface area contributed by atoms with Crippen molar-refractivity contribution in [2.75, 3.05) is 5.43 Å². The molecule has 7 heteroatoms. The third-order valence-corrected chi connectivity index (χ3v) is 3.17. The lowest BCUT2D eigenvalue weighted by atomic mass is 10.2. The summed E-state index contributed by atoms with van der Waals surface area (Å²) in [4.78, 5) is 8.57. The van der Waals surface area contributed by atoms with Gasteiger partial charge in [0.25, 0.3) is 0 Å². The first-order valence-electron chi connectivity index (χ1n) is 6.52. The molecule has 0 aliphatic carbocycles. The van der Waals surface area contributed by atoms with Crippen LogP contribution in [-0.4, -0.2) is 9.97 Å². The first-order valence-corrected chi connectivity index (χ1v) is 6.90. The van der Waals surface area contributed by atoms with Gasteiger partial charge >= 0.3 is 0 Å². The molecule has 0 unspecified atom stereocenters. The van der Waals surface area contributed by atoms with Crippen LogP contribution in [0.2, 0.25) is 5.02 Å². The minimum Gasteiger partial charge on any atom is -0.435 e. The lowest BCUT2D eigenvalue weighted by molar-refractivity contribution is 0.421. The van der Waals surface area contributed by atoms with Crippen LogP contribution in [0.4, 0.5) is 10.2 Å². The number of benzene rings is 1. The van der Waals surface area contributed by atoms with Gasteiger partial charge in [-0.15, -0.1) is 0 Å².